The van der Waals surface area contributed by atoms with Gasteiger partial charge in [-0.25, -0.2) is 4.79 Å². The highest BCUT2D eigenvalue weighted by atomic mass is 16.6. The predicted octanol–water partition coefficient (Wildman–Crippen LogP) is 6.23. The largest absolute Gasteiger partial charge is 0.481 e. The van der Waals surface area contributed by atoms with Crippen molar-refractivity contribution in [3.05, 3.63) is 11.6 Å². The van der Waals surface area contributed by atoms with Crippen molar-refractivity contribution in [3.8, 4) is 0 Å². The molecule has 0 saturated heterocycles. The summed E-state index contributed by atoms with van der Waals surface area (Å²) in [5.41, 5.74) is -0.655. The van der Waals surface area contributed by atoms with E-state index >= 15 is 0 Å². The Kier molecular flexibility index (Phi) is 6.83. The zero-order chi connectivity index (χ0) is 30.4. The second kappa shape index (κ2) is 9.31. The summed E-state index contributed by atoms with van der Waals surface area (Å²) in [7, 11) is 0. The second-order valence-corrected chi connectivity index (χ2v) is 16.1. The molecule has 3 N–H and O–H groups in total. The molecule has 0 bridgehead atoms. The van der Waals surface area contributed by atoms with E-state index in [4.69, 9.17) is 9.84 Å². The maximum atomic E-state index is 14.4. The first kappa shape index (κ1) is 30.1. The van der Waals surface area contributed by atoms with Gasteiger partial charge in [0.2, 0.25) is 0 Å². The second-order valence-electron chi connectivity index (χ2n) is 16.1. The molecular formula is C33H49NO7. The molecule has 1 amide bonds. The first-order valence-corrected chi connectivity index (χ1v) is 15.5. The van der Waals surface area contributed by atoms with Crippen LogP contribution in [0.4, 0.5) is 4.79 Å². The van der Waals surface area contributed by atoms with Gasteiger partial charge in [-0.2, -0.15) is 0 Å². The van der Waals surface area contributed by atoms with E-state index < -0.39 is 35.4 Å². The van der Waals surface area contributed by atoms with E-state index in [9.17, 15) is 24.3 Å². The Labute approximate surface area is 244 Å². The third-order valence-corrected chi connectivity index (χ3v) is 13.7. The van der Waals surface area contributed by atoms with Crippen LogP contribution in [0.5, 0.6) is 0 Å². The van der Waals surface area contributed by atoms with Gasteiger partial charge >= 0.3 is 18.0 Å². The molecule has 228 valence electrons. The number of carboxylic acid groups (broad SMARTS) is 2. The van der Waals surface area contributed by atoms with Crippen LogP contribution < -0.4 is 5.32 Å². The average Bonchev–Trinajstić information content (AvgIpc) is 2.86. The molecule has 9 atom stereocenters. The molecule has 0 unspecified atom stereocenters. The Hall–Kier alpha value is -2.38. The van der Waals surface area contributed by atoms with Crippen molar-refractivity contribution in [2.75, 3.05) is 6.54 Å². The number of carbonyl (C=O) groups excluding carboxylic acids is 2. The molecule has 8 nitrogen and oxygen atoms in total. The summed E-state index contributed by atoms with van der Waals surface area (Å²) < 4.78 is 5.80. The molecule has 0 aliphatic heterocycles. The van der Waals surface area contributed by atoms with Crippen molar-refractivity contribution >= 4 is 23.8 Å². The average molecular weight is 572 g/mol. The molecule has 4 saturated carbocycles. The molecule has 5 aliphatic rings. The van der Waals surface area contributed by atoms with Crippen molar-refractivity contribution in [2.24, 2.45) is 50.2 Å². The van der Waals surface area contributed by atoms with Crippen LogP contribution in [0.1, 0.15) is 106 Å². The zero-order valence-electron chi connectivity index (χ0n) is 25.9. The Morgan fingerprint density at radius 1 is 0.927 bits per heavy atom. The standard InChI is InChI=1S/C33H49NO7/c1-28(2)22-8-11-33(7)25(31(22,5)10-9-23(28)41-27(40)34-18-24(36)37)21(35)16-19-20-17-30(4,26(38)39)13-12-29(20,3)14-15-32(19,33)6/h16,20,22-23,25H,8-15,17-18H2,1-7H3,(H,34,40)(H,36,37)(H,38,39)/t20-,22-,23-,25+,29+,30-,31-,32+,33+/m0/s1. The Morgan fingerprint density at radius 2 is 1.59 bits per heavy atom. The van der Waals surface area contributed by atoms with E-state index in [0.29, 0.717) is 19.3 Å². The van der Waals surface area contributed by atoms with Gasteiger partial charge in [-0.05, 0) is 104 Å². The van der Waals surface area contributed by atoms with Gasteiger partial charge in [-0.15, -0.1) is 0 Å². The van der Waals surface area contributed by atoms with E-state index in [2.05, 4.69) is 46.9 Å². The minimum atomic E-state index is -1.12. The molecule has 0 aromatic rings. The number of ketones is 1. The predicted molar refractivity (Wildman–Crippen MR) is 153 cm³/mol. The number of hydrogen-bond donors (Lipinski definition) is 3. The summed E-state index contributed by atoms with van der Waals surface area (Å²) in [6, 6.07) is 0. The molecule has 0 aromatic carbocycles. The molecule has 4 fully saturated rings. The maximum absolute atomic E-state index is 14.4. The van der Waals surface area contributed by atoms with Crippen molar-refractivity contribution in [3.63, 3.8) is 0 Å². The van der Waals surface area contributed by atoms with E-state index in [1.807, 2.05) is 13.0 Å². The Morgan fingerprint density at radius 3 is 2.22 bits per heavy atom. The fourth-order valence-electron chi connectivity index (χ4n) is 10.9. The Bertz CT molecular complexity index is 1210. The highest BCUT2D eigenvalue weighted by Gasteiger charge is 2.70. The number of allylic oxidation sites excluding steroid dienone is 2. The maximum Gasteiger partial charge on any atom is 0.407 e. The molecular weight excluding hydrogens is 522 g/mol. The van der Waals surface area contributed by atoms with Crippen LogP contribution in [-0.2, 0) is 19.1 Å². The van der Waals surface area contributed by atoms with Crippen LogP contribution in [0.15, 0.2) is 11.6 Å². The molecule has 0 heterocycles. The van der Waals surface area contributed by atoms with Crippen LogP contribution in [0, 0.1) is 50.2 Å². The van der Waals surface area contributed by atoms with Crippen molar-refractivity contribution in [1.29, 1.82) is 0 Å². The summed E-state index contributed by atoms with van der Waals surface area (Å²) in [6.45, 7) is 14.9. The zero-order valence-corrected chi connectivity index (χ0v) is 25.9. The van der Waals surface area contributed by atoms with Gasteiger partial charge in [-0.3, -0.25) is 14.4 Å². The highest BCUT2D eigenvalue weighted by Crippen LogP contribution is 2.75. The third kappa shape index (κ3) is 4.20. The van der Waals surface area contributed by atoms with Gasteiger partial charge in [0.25, 0.3) is 0 Å². The van der Waals surface area contributed by atoms with E-state index in [-0.39, 0.29) is 51.3 Å². The number of alkyl carbamates (subject to hydrolysis) is 1. The SMILES string of the molecule is CC1(C)[C@@H](OC(=O)NCC(=O)O)CC[C@]2(C)[C@H]3C(=O)C=C4[C@@H]5C[C@@](C)(C(=O)O)CC[C@]5(C)CC[C@@]4(C)[C@]3(C)CC[C@@H]12. The lowest BCUT2D eigenvalue weighted by Gasteiger charge is -2.70. The van der Waals surface area contributed by atoms with E-state index in [1.165, 1.54) is 5.57 Å². The number of hydrogen-bond acceptors (Lipinski definition) is 5. The van der Waals surface area contributed by atoms with Crippen LogP contribution in [0.25, 0.3) is 0 Å². The minimum absolute atomic E-state index is 0.0173. The molecule has 0 spiro atoms. The van der Waals surface area contributed by atoms with Gasteiger partial charge in [0.05, 0.1) is 5.41 Å². The molecule has 41 heavy (non-hydrogen) atoms. The van der Waals surface area contributed by atoms with Crippen molar-refractivity contribution in [2.45, 2.75) is 112 Å². The lowest BCUT2D eigenvalue weighted by molar-refractivity contribution is -0.202. The molecule has 0 radical (unpaired) electrons. The number of carboxylic acids is 2. The van der Waals surface area contributed by atoms with E-state index in [1.54, 1.807) is 0 Å². The smallest absolute Gasteiger partial charge is 0.407 e. The number of fused-ring (bicyclic) bond motifs is 7. The fourth-order valence-corrected chi connectivity index (χ4v) is 10.9. The number of ether oxygens (including phenoxy) is 1. The number of amides is 1. The number of carbonyl (C=O) groups is 4. The normalized spacial score (nSPS) is 46.5. The summed E-state index contributed by atoms with van der Waals surface area (Å²) in [4.78, 5) is 50.1. The third-order valence-electron chi connectivity index (χ3n) is 13.7. The number of rotatable bonds is 4. The molecule has 0 aromatic heterocycles. The van der Waals surface area contributed by atoms with Crippen LogP contribution >= 0.6 is 0 Å². The van der Waals surface area contributed by atoms with Gasteiger partial charge in [0, 0.05) is 11.3 Å². The minimum Gasteiger partial charge on any atom is -0.481 e. The van der Waals surface area contributed by atoms with Crippen molar-refractivity contribution in [1.82, 2.24) is 5.32 Å². The lowest BCUT2D eigenvalue weighted by atomic mass is 9.33. The monoisotopic (exact) mass is 571 g/mol. The summed E-state index contributed by atoms with van der Waals surface area (Å²) in [5, 5.41) is 21.4. The number of nitrogens with one attached hydrogen (secondary N) is 1. The lowest BCUT2D eigenvalue weighted by Crippen LogP contribution is -2.67. The molecule has 5 aliphatic carbocycles. The quantitative estimate of drug-likeness (QED) is 0.365. The fraction of sp³-hybridized carbons (Fsp3) is 0.818. The van der Waals surface area contributed by atoms with Gasteiger partial charge < -0.3 is 20.3 Å². The molecule has 5 rings (SSSR count). The first-order chi connectivity index (χ1) is 18.8. The van der Waals surface area contributed by atoms with Crippen LogP contribution in [0.3, 0.4) is 0 Å². The van der Waals surface area contributed by atoms with Gasteiger partial charge in [0.15, 0.2) is 5.78 Å². The molecule has 8 heteroatoms. The van der Waals surface area contributed by atoms with Gasteiger partial charge in [0.1, 0.15) is 12.6 Å². The topological polar surface area (TPSA) is 130 Å². The van der Waals surface area contributed by atoms with Crippen LogP contribution in [0.2, 0.25) is 0 Å². The first-order valence-electron chi connectivity index (χ1n) is 15.5. The highest BCUT2D eigenvalue weighted by molar-refractivity contribution is 5.95. The summed E-state index contributed by atoms with van der Waals surface area (Å²) in [6.07, 6.45) is 8.25. The van der Waals surface area contributed by atoms with Gasteiger partial charge in [-0.1, -0.05) is 47.1 Å². The summed E-state index contributed by atoms with van der Waals surface area (Å²) in [5.74, 6) is -1.58. The van der Waals surface area contributed by atoms with E-state index in [0.717, 1.165) is 38.5 Å². The Balaban J connectivity index is 1.49. The van der Waals surface area contributed by atoms with Crippen molar-refractivity contribution < 1.29 is 34.1 Å². The van der Waals surface area contributed by atoms with Crippen LogP contribution in [-0.4, -0.2) is 46.7 Å². The number of aliphatic carboxylic acids is 2. The summed E-state index contributed by atoms with van der Waals surface area (Å²) >= 11 is 0.